The van der Waals surface area contributed by atoms with E-state index in [0.717, 1.165) is 0 Å². The number of hydrogen-bond acceptors (Lipinski definition) is 0. The molecule has 0 heterocycles. The van der Waals surface area contributed by atoms with Gasteiger partial charge in [0.2, 0.25) is 0 Å². The molecule has 0 bridgehead atoms. The molecule has 0 saturated heterocycles. The Labute approximate surface area is 147 Å². The summed E-state index contributed by atoms with van der Waals surface area (Å²) in [6.45, 7) is 7.08. The second-order valence-corrected chi connectivity index (χ2v) is 20.2. The van der Waals surface area contributed by atoms with Crippen molar-refractivity contribution in [3.05, 3.63) is 42.5 Å². The number of rotatable bonds is 10. The molecule has 0 spiro atoms. The van der Waals surface area contributed by atoms with Gasteiger partial charge in [-0.3, -0.25) is 0 Å². The van der Waals surface area contributed by atoms with Crippen molar-refractivity contribution in [2.75, 3.05) is 0 Å². The Balaban J connectivity index is 2.51. The van der Waals surface area contributed by atoms with Gasteiger partial charge >= 0.3 is 148 Å². The zero-order valence-corrected chi connectivity index (χ0v) is 18.3. The van der Waals surface area contributed by atoms with Crippen molar-refractivity contribution < 1.29 is 0 Å². The molecule has 0 aliphatic rings. The molecule has 0 nitrogen and oxygen atoms in total. The molecule has 1 heteroatoms. The molecule has 2 aromatic rings. The van der Waals surface area contributed by atoms with Crippen LogP contribution in [0.3, 0.4) is 0 Å². The summed E-state index contributed by atoms with van der Waals surface area (Å²) in [5, 5.41) is 3.03. The maximum absolute atomic E-state index is 2.51. The first-order valence-electron chi connectivity index (χ1n) is 9.75. The van der Waals surface area contributed by atoms with E-state index >= 15 is 0 Å². The van der Waals surface area contributed by atoms with Gasteiger partial charge in [-0.05, 0) is 0 Å². The summed E-state index contributed by atoms with van der Waals surface area (Å²) in [5.74, 6) is 0. The number of benzene rings is 2. The number of unbranched alkanes of at least 4 members (excludes halogenated alkanes) is 3. The minimum absolute atomic E-state index is 1.35. The third-order valence-corrected chi connectivity index (χ3v) is 21.1. The molecule has 0 amide bonds. The molecule has 0 N–H and O–H groups in total. The van der Waals surface area contributed by atoms with E-state index in [-0.39, 0.29) is 0 Å². The number of fused-ring (bicyclic) bond motifs is 1. The van der Waals surface area contributed by atoms with Crippen LogP contribution in [0.5, 0.6) is 0 Å². The predicted molar refractivity (Wildman–Crippen MR) is 108 cm³/mol. The fourth-order valence-electron chi connectivity index (χ4n) is 4.01. The van der Waals surface area contributed by atoms with Crippen LogP contribution in [0.4, 0.5) is 0 Å². The van der Waals surface area contributed by atoms with Gasteiger partial charge in [0.1, 0.15) is 0 Å². The first-order valence-corrected chi connectivity index (χ1v) is 17.2. The normalized spacial score (nSPS) is 12.0. The third-order valence-electron chi connectivity index (χ3n) is 5.39. The molecule has 23 heavy (non-hydrogen) atoms. The van der Waals surface area contributed by atoms with Gasteiger partial charge in [-0.2, -0.15) is 0 Å². The van der Waals surface area contributed by atoms with E-state index in [4.69, 9.17) is 0 Å². The predicted octanol–water partition coefficient (Wildman–Crippen LogP) is 6.90. The van der Waals surface area contributed by atoms with Gasteiger partial charge in [0, 0.05) is 0 Å². The summed E-state index contributed by atoms with van der Waals surface area (Å²) < 4.78 is 6.49. The summed E-state index contributed by atoms with van der Waals surface area (Å²) in [7, 11) is 0. The van der Waals surface area contributed by atoms with Crippen LogP contribution in [-0.2, 0) is 0 Å². The van der Waals surface area contributed by atoms with Crippen LogP contribution in [0, 0.1) is 0 Å². The van der Waals surface area contributed by atoms with Crippen molar-refractivity contribution in [3.8, 4) is 0 Å². The number of hydrogen-bond donors (Lipinski definition) is 0. The summed E-state index contributed by atoms with van der Waals surface area (Å²) in [4.78, 5) is 0. The van der Waals surface area contributed by atoms with Crippen LogP contribution in [0.2, 0.25) is 13.3 Å². The van der Waals surface area contributed by atoms with E-state index in [1.165, 1.54) is 43.9 Å². The summed E-state index contributed by atoms with van der Waals surface area (Å²) >= 11 is -2.31. The van der Waals surface area contributed by atoms with Crippen LogP contribution < -0.4 is 3.58 Å². The molecular weight excluding hydrogens is 383 g/mol. The van der Waals surface area contributed by atoms with Crippen molar-refractivity contribution in [1.29, 1.82) is 0 Å². The molecule has 2 aromatic carbocycles. The van der Waals surface area contributed by atoms with Crippen LogP contribution >= 0.6 is 0 Å². The van der Waals surface area contributed by atoms with Crippen molar-refractivity contribution >= 4 is 32.7 Å². The molecular formula is C22H34Sn. The first-order chi connectivity index (χ1) is 11.3. The molecule has 0 aliphatic carbocycles. The van der Waals surface area contributed by atoms with Crippen LogP contribution in [-0.4, -0.2) is 18.4 Å². The van der Waals surface area contributed by atoms with Gasteiger partial charge in [0.15, 0.2) is 0 Å². The van der Waals surface area contributed by atoms with Gasteiger partial charge < -0.3 is 0 Å². The van der Waals surface area contributed by atoms with E-state index in [9.17, 15) is 0 Å². The minimum atomic E-state index is -2.31. The average Bonchev–Trinajstić information content (AvgIpc) is 2.61. The summed E-state index contributed by atoms with van der Waals surface area (Å²) in [6, 6.07) is 16.3. The zero-order valence-electron chi connectivity index (χ0n) is 15.4. The Bertz CT molecular complexity index is 560. The van der Waals surface area contributed by atoms with Crippen molar-refractivity contribution in [3.63, 3.8) is 0 Å². The molecule has 0 radical (unpaired) electrons. The standard InChI is InChI=1S/C10H7.3C4H9.Sn/c1-2-6-10-8-4-3-7-9(10)5-1;3*1-3-4-2;/h1-7H;3*1,3-4H2,2H3;. The average molecular weight is 417 g/mol. The van der Waals surface area contributed by atoms with Gasteiger partial charge in [0.05, 0.1) is 0 Å². The Kier molecular flexibility index (Phi) is 7.95. The molecule has 0 unspecified atom stereocenters. The SMILES string of the molecule is CCC[CH2][Sn]([CH2]CCC)([CH2]CCC)[c]1cccc2ccccc12. The molecule has 2 rings (SSSR count). The van der Waals surface area contributed by atoms with E-state index in [1.54, 1.807) is 18.7 Å². The van der Waals surface area contributed by atoms with E-state index in [0.29, 0.717) is 0 Å². The molecule has 0 atom stereocenters. The molecule has 0 fully saturated rings. The Hall–Kier alpha value is -0.501. The van der Waals surface area contributed by atoms with Crippen molar-refractivity contribution in [1.82, 2.24) is 0 Å². The monoisotopic (exact) mass is 418 g/mol. The Morgan fingerprint density at radius 3 is 1.74 bits per heavy atom. The van der Waals surface area contributed by atoms with Gasteiger partial charge in [0.25, 0.3) is 0 Å². The fourth-order valence-corrected chi connectivity index (χ4v) is 20.8. The van der Waals surface area contributed by atoms with Gasteiger partial charge in [-0.1, -0.05) is 0 Å². The summed E-state index contributed by atoms with van der Waals surface area (Å²) in [5.41, 5.74) is 0. The maximum atomic E-state index is 2.51. The van der Waals surface area contributed by atoms with Crippen molar-refractivity contribution in [2.24, 2.45) is 0 Å². The van der Waals surface area contributed by atoms with Crippen LogP contribution in [0.1, 0.15) is 59.3 Å². The topological polar surface area (TPSA) is 0 Å². The van der Waals surface area contributed by atoms with E-state index in [2.05, 4.69) is 63.2 Å². The molecule has 0 saturated carbocycles. The molecule has 126 valence electrons. The first kappa shape index (κ1) is 18.8. The molecule has 0 aromatic heterocycles. The van der Waals surface area contributed by atoms with Crippen LogP contribution in [0.15, 0.2) is 42.5 Å². The zero-order chi connectivity index (χ0) is 16.5. The summed E-state index contributed by atoms with van der Waals surface area (Å²) in [6.07, 6.45) is 8.36. The van der Waals surface area contributed by atoms with Crippen molar-refractivity contribution in [2.45, 2.75) is 72.6 Å². The molecule has 0 aliphatic heterocycles. The second-order valence-electron chi connectivity index (χ2n) is 7.12. The van der Waals surface area contributed by atoms with Crippen LogP contribution in [0.25, 0.3) is 10.8 Å². The van der Waals surface area contributed by atoms with Gasteiger partial charge in [-0.25, -0.2) is 0 Å². The Morgan fingerprint density at radius 1 is 0.652 bits per heavy atom. The Morgan fingerprint density at radius 2 is 1.17 bits per heavy atom. The van der Waals surface area contributed by atoms with E-state index in [1.807, 2.05) is 3.58 Å². The fraction of sp³-hybridized carbons (Fsp3) is 0.545. The quantitative estimate of drug-likeness (QED) is 0.369. The second kappa shape index (κ2) is 9.71. The van der Waals surface area contributed by atoms with Gasteiger partial charge in [-0.15, -0.1) is 0 Å². The van der Waals surface area contributed by atoms with E-state index < -0.39 is 18.4 Å². The third kappa shape index (κ3) is 4.75.